The molecule has 0 bridgehead atoms. The first-order valence-corrected chi connectivity index (χ1v) is 14.5. The second kappa shape index (κ2) is 13.1. The third-order valence-corrected chi connectivity index (χ3v) is 7.55. The Morgan fingerprint density at radius 3 is 2.08 bits per heavy atom. The van der Waals surface area contributed by atoms with Gasteiger partial charge in [-0.3, -0.25) is 9.59 Å². The molecular weight excluding hydrogens is 526 g/mol. The van der Waals surface area contributed by atoms with Gasteiger partial charge in [-0.15, -0.1) is 0 Å². The zero-order valence-corrected chi connectivity index (χ0v) is 25.8. The number of para-hydroxylation sites is 1. The minimum absolute atomic E-state index is 0.116. The summed E-state index contributed by atoms with van der Waals surface area (Å²) in [6.45, 7) is 15.1. The van der Waals surface area contributed by atoms with Crippen LogP contribution in [0.5, 0.6) is 0 Å². The summed E-state index contributed by atoms with van der Waals surface area (Å²) < 4.78 is 5.50. The zero-order valence-electron chi connectivity index (χ0n) is 25.1. The second-order valence-electron chi connectivity index (χ2n) is 12.3. The number of amides is 3. The Kier molecular flexibility index (Phi) is 10.3. The van der Waals surface area contributed by atoms with Crippen LogP contribution in [0, 0.1) is 26.7 Å². The summed E-state index contributed by atoms with van der Waals surface area (Å²) >= 11 is 6.49. The van der Waals surface area contributed by atoms with Crippen LogP contribution in [0.1, 0.15) is 88.6 Å². The number of hydrogen-bond donors (Lipinski definition) is 2. The van der Waals surface area contributed by atoms with Gasteiger partial charge < -0.3 is 20.3 Å². The number of alkyl carbamates (subject to hydrolysis) is 1. The summed E-state index contributed by atoms with van der Waals surface area (Å²) in [7, 11) is 0. The van der Waals surface area contributed by atoms with Crippen LogP contribution < -0.4 is 10.6 Å². The molecule has 3 amide bonds. The normalized spacial score (nSPS) is 15.2. The van der Waals surface area contributed by atoms with E-state index in [9.17, 15) is 14.4 Å². The van der Waals surface area contributed by atoms with Crippen LogP contribution in [-0.4, -0.2) is 40.5 Å². The summed E-state index contributed by atoms with van der Waals surface area (Å²) in [4.78, 5) is 43.3. The molecule has 8 heteroatoms. The molecule has 1 aliphatic carbocycles. The average molecular weight is 570 g/mol. The summed E-state index contributed by atoms with van der Waals surface area (Å²) in [6.07, 6.45) is 2.29. The molecule has 0 radical (unpaired) electrons. The molecule has 218 valence electrons. The second-order valence-corrected chi connectivity index (χ2v) is 12.7. The highest BCUT2D eigenvalue weighted by atomic mass is 35.5. The predicted molar refractivity (Wildman–Crippen MR) is 161 cm³/mol. The van der Waals surface area contributed by atoms with Crippen molar-refractivity contribution in [2.24, 2.45) is 5.92 Å². The number of carbonyl (C=O) groups excluding carboxylic acids is 3. The first-order valence-electron chi connectivity index (χ1n) is 14.1. The molecule has 2 N–H and O–H groups in total. The third-order valence-electron chi connectivity index (χ3n) is 7.23. The van der Waals surface area contributed by atoms with Crippen molar-refractivity contribution in [3.63, 3.8) is 0 Å². The molecule has 1 aliphatic rings. The van der Waals surface area contributed by atoms with E-state index in [0.29, 0.717) is 17.1 Å². The van der Waals surface area contributed by atoms with E-state index in [1.165, 1.54) is 0 Å². The number of ether oxygens (including phenoxy) is 1. The van der Waals surface area contributed by atoms with Gasteiger partial charge in [-0.2, -0.15) is 0 Å². The third kappa shape index (κ3) is 7.78. The first kappa shape index (κ1) is 31.5. The molecule has 0 saturated heterocycles. The van der Waals surface area contributed by atoms with Gasteiger partial charge in [-0.1, -0.05) is 55.8 Å². The predicted octanol–water partition coefficient (Wildman–Crippen LogP) is 7.27. The van der Waals surface area contributed by atoms with Crippen LogP contribution in [0.15, 0.2) is 36.4 Å². The van der Waals surface area contributed by atoms with Gasteiger partial charge in [0.1, 0.15) is 17.7 Å². The lowest BCUT2D eigenvalue weighted by atomic mass is 9.85. The van der Waals surface area contributed by atoms with Crippen LogP contribution >= 0.6 is 11.6 Å². The van der Waals surface area contributed by atoms with E-state index in [1.54, 1.807) is 31.7 Å². The Morgan fingerprint density at radius 2 is 1.57 bits per heavy atom. The minimum Gasteiger partial charge on any atom is -0.444 e. The number of nitrogens with one attached hydrogen (secondary N) is 2. The van der Waals surface area contributed by atoms with Crippen molar-refractivity contribution in [3.8, 4) is 0 Å². The zero-order chi connectivity index (χ0) is 29.8. The fraction of sp³-hybridized carbons (Fsp3) is 0.531. The summed E-state index contributed by atoms with van der Waals surface area (Å²) in [5, 5.41) is 6.30. The van der Waals surface area contributed by atoms with Crippen LogP contribution in [0.25, 0.3) is 0 Å². The van der Waals surface area contributed by atoms with Crippen molar-refractivity contribution in [3.05, 3.63) is 63.7 Å². The van der Waals surface area contributed by atoms with E-state index in [1.807, 2.05) is 65.0 Å². The molecule has 0 aromatic heterocycles. The van der Waals surface area contributed by atoms with Gasteiger partial charge >= 0.3 is 6.09 Å². The molecule has 2 unspecified atom stereocenters. The molecule has 0 spiro atoms. The highest BCUT2D eigenvalue weighted by Gasteiger charge is 2.43. The van der Waals surface area contributed by atoms with Gasteiger partial charge in [0.15, 0.2) is 0 Å². The average Bonchev–Trinajstić information content (AvgIpc) is 2.79. The van der Waals surface area contributed by atoms with Crippen LogP contribution in [0.2, 0.25) is 5.02 Å². The van der Waals surface area contributed by atoms with E-state index in [2.05, 4.69) is 10.6 Å². The Morgan fingerprint density at radius 1 is 1.00 bits per heavy atom. The number of rotatable bonds is 9. The van der Waals surface area contributed by atoms with Crippen LogP contribution in [-0.2, 0) is 14.3 Å². The maximum atomic E-state index is 14.5. The summed E-state index contributed by atoms with van der Waals surface area (Å²) in [5.74, 6) is -0.511. The first-order chi connectivity index (χ1) is 18.7. The van der Waals surface area contributed by atoms with Crippen LogP contribution in [0.3, 0.4) is 0 Å². The monoisotopic (exact) mass is 569 g/mol. The van der Waals surface area contributed by atoms with Crippen molar-refractivity contribution in [1.82, 2.24) is 10.2 Å². The van der Waals surface area contributed by atoms with Gasteiger partial charge in [0.25, 0.3) is 5.91 Å². The molecule has 3 rings (SSSR count). The number of hydrogen-bond acceptors (Lipinski definition) is 4. The number of nitrogens with zero attached hydrogens (tertiary/aromatic N) is 1. The molecule has 1 saturated carbocycles. The van der Waals surface area contributed by atoms with E-state index in [0.717, 1.165) is 41.5 Å². The topological polar surface area (TPSA) is 87.7 Å². The number of halogens is 1. The lowest BCUT2D eigenvalue weighted by Crippen LogP contribution is -2.57. The van der Waals surface area contributed by atoms with E-state index in [-0.39, 0.29) is 23.8 Å². The molecule has 7 nitrogen and oxygen atoms in total. The molecule has 0 heterocycles. The Bertz CT molecular complexity index is 1190. The van der Waals surface area contributed by atoms with E-state index < -0.39 is 23.8 Å². The van der Waals surface area contributed by atoms with E-state index >= 15 is 0 Å². The SMILES string of the molecule is Cc1cccc(Cl)c1NC(=O)C(c1c(C)cccc1C)N(C(=O)C(CC(C)C)NC(=O)OC(C)(C)C)C1CCC1. The molecule has 2 aromatic rings. The lowest BCUT2D eigenvalue weighted by molar-refractivity contribution is -0.146. The smallest absolute Gasteiger partial charge is 0.408 e. The molecular formula is C32H44ClN3O4. The van der Waals surface area contributed by atoms with Crippen molar-refractivity contribution in [2.45, 2.75) is 105 Å². The number of anilines is 1. The Balaban J connectivity index is 2.11. The van der Waals surface area contributed by atoms with E-state index in [4.69, 9.17) is 16.3 Å². The maximum absolute atomic E-state index is 14.5. The van der Waals surface area contributed by atoms with Gasteiger partial charge in [-0.05, 0) is 101 Å². The largest absolute Gasteiger partial charge is 0.444 e. The van der Waals surface area contributed by atoms with Gasteiger partial charge in [0.05, 0.1) is 10.7 Å². The quantitative estimate of drug-likeness (QED) is 0.332. The highest BCUT2D eigenvalue weighted by Crippen LogP contribution is 2.38. The Labute approximate surface area is 244 Å². The highest BCUT2D eigenvalue weighted by molar-refractivity contribution is 6.34. The molecule has 2 aromatic carbocycles. The fourth-order valence-corrected chi connectivity index (χ4v) is 5.41. The summed E-state index contributed by atoms with van der Waals surface area (Å²) in [6, 6.07) is 9.41. The minimum atomic E-state index is -0.912. The van der Waals surface area contributed by atoms with Gasteiger partial charge in [0, 0.05) is 6.04 Å². The van der Waals surface area contributed by atoms with Crippen LogP contribution in [0.4, 0.5) is 10.5 Å². The number of benzene rings is 2. The van der Waals surface area contributed by atoms with Crippen molar-refractivity contribution < 1.29 is 19.1 Å². The molecule has 0 aliphatic heterocycles. The number of carbonyl (C=O) groups is 3. The lowest BCUT2D eigenvalue weighted by Gasteiger charge is -2.44. The van der Waals surface area contributed by atoms with Gasteiger partial charge in [0.2, 0.25) is 5.91 Å². The van der Waals surface area contributed by atoms with Crippen molar-refractivity contribution in [1.29, 1.82) is 0 Å². The van der Waals surface area contributed by atoms with Crippen molar-refractivity contribution in [2.75, 3.05) is 5.32 Å². The summed E-state index contributed by atoms with van der Waals surface area (Å²) in [5.41, 5.74) is 3.24. The molecule has 1 fully saturated rings. The van der Waals surface area contributed by atoms with Gasteiger partial charge in [-0.25, -0.2) is 4.79 Å². The fourth-order valence-electron chi connectivity index (χ4n) is 5.14. The molecule has 2 atom stereocenters. The maximum Gasteiger partial charge on any atom is 0.408 e. The molecule has 40 heavy (non-hydrogen) atoms. The Hall–Kier alpha value is -3.06. The number of aryl methyl sites for hydroxylation is 3. The van der Waals surface area contributed by atoms with Crippen molar-refractivity contribution >= 4 is 35.2 Å². The standard InChI is InChI=1S/C32H44ClN3O4/c1-19(2)18-25(34-31(39)40-32(6,7)8)30(38)36(23-15-11-16-23)28(26-20(3)12-9-13-21(26)4)29(37)35-27-22(5)14-10-17-24(27)33/h9-10,12-14,17,19,23,25,28H,11,15-16,18H2,1-8H3,(H,34,39)(H,35,37).